The Hall–Kier alpha value is -1.75. The Bertz CT molecular complexity index is 447. The minimum Gasteiger partial charge on any atom is -0.480 e. The number of rotatable bonds is 14. The summed E-state index contributed by atoms with van der Waals surface area (Å²) in [6, 6.07) is -3.25. The Kier molecular flexibility index (Phi) is 12.5. The van der Waals surface area contributed by atoms with Gasteiger partial charge in [-0.1, -0.05) is 6.42 Å². The average molecular weight is 375 g/mol. The smallest absolute Gasteiger partial charge is 0.326 e. The monoisotopic (exact) mass is 375 g/mol. The van der Waals surface area contributed by atoms with Gasteiger partial charge in [-0.05, 0) is 52.1 Å². The number of carbonyl (C=O) groups excluding carboxylic acids is 2. The zero-order valence-corrected chi connectivity index (χ0v) is 15.3. The molecule has 0 fully saturated rings. The summed E-state index contributed by atoms with van der Waals surface area (Å²) in [6.45, 7) is 2.25. The maximum absolute atomic E-state index is 12.3. The van der Waals surface area contributed by atoms with Crippen LogP contribution in [-0.2, 0) is 14.4 Å². The van der Waals surface area contributed by atoms with E-state index in [1.807, 2.05) is 0 Å². The lowest BCUT2D eigenvalue weighted by atomic mass is 10.1. The number of hydrogen-bond donors (Lipinski definition) is 7. The number of hydrogen-bond acceptors (Lipinski definition) is 7. The fourth-order valence-electron chi connectivity index (χ4n) is 2.32. The Morgan fingerprint density at radius 3 is 1.92 bits per heavy atom. The van der Waals surface area contributed by atoms with E-state index in [2.05, 4.69) is 10.6 Å². The predicted octanol–water partition coefficient (Wildman–Crippen LogP) is -1.99. The molecule has 0 rings (SSSR count). The van der Waals surface area contributed by atoms with Crippen LogP contribution in [-0.4, -0.2) is 65.3 Å². The molecule has 0 spiro atoms. The molecular weight excluding hydrogens is 342 g/mol. The first-order valence-electron chi connectivity index (χ1n) is 8.91. The molecule has 0 aliphatic rings. The molecule has 2 amide bonds. The van der Waals surface area contributed by atoms with Gasteiger partial charge in [0.25, 0.3) is 0 Å². The standard InChI is InChI=1S/C16H33N5O5/c1-10(22)13(21-14(23)11(19)6-2-4-8-17)15(24)20-12(16(25)26)7-3-5-9-18/h10-13,22H,2-9,17-19H2,1H3,(H,20,24)(H,21,23)(H,25,26). The van der Waals surface area contributed by atoms with Gasteiger partial charge in [-0.2, -0.15) is 0 Å². The third-order valence-electron chi connectivity index (χ3n) is 3.93. The molecule has 26 heavy (non-hydrogen) atoms. The maximum atomic E-state index is 12.3. The van der Waals surface area contributed by atoms with Crippen LogP contribution < -0.4 is 27.8 Å². The van der Waals surface area contributed by atoms with Gasteiger partial charge in [0.15, 0.2) is 0 Å². The molecule has 0 aromatic rings. The van der Waals surface area contributed by atoms with Crippen LogP contribution in [0.2, 0.25) is 0 Å². The number of aliphatic carboxylic acids is 1. The molecule has 0 radical (unpaired) electrons. The van der Waals surface area contributed by atoms with Crippen LogP contribution in [0, 0.1) is 0 Å². The van der Waals surface area contributed by atoms with Crippen molar-refractivity contribution < 1.29 is 24.6 Å². The van der Waals surface area contributed by atoms with E-state index in [0.717, 1.165) is 6.42 Å². The number of carboxylic acid groups (broad SMARTS) is 1. The van der Waals surface area contributed by atoms with Gasteiger partial charge >= 0.3 is 5.97 Å². The van der Waals surface area contributed by atoms with Gasteiger partial charge in [-0.15, -0.1) is 0 Å². The van der Waals surface area contributed by atoms with Crippen LogP contribution >= 0.6 is 0 Å². The number of unbranched alkanes of at least 4 members (excludes halogenated alkanes) is 2. The topological polar surface area (TPSA) is 194 Å². The summed E-state index contributed by atoms with van der Waals surface area (Å²) in [5.41, 5.74) is 16.5. The van der Waals surface area contributed by atoms with Gasteiger partial charge in [-0.25, -0.2) is 4.79 Å². The van der Waals surface area contributed by atoms with Crippen LogP contribution in [0.1, 0.15) is 45.4 Å². The summed E-state index contributed by atoms with van der Waals surface area (Å²) >= 11 is 0. The molecule has 0 aliphatic heterocycles. The predicted molar refractivity (Wildman–Crippen MR) is 97.0 cm³/mol. The van der Waals surface area contributed by atoms with Crippen molar-refractivity contribution in [2.75, 3.05) is 13.1 Å². The van der Waals surface area contributed by atoms with Gasteiger partial charge in [0.2, 0.25) is 11.8 Å². The lowest BCUT2D eigenvalue weighted by Crippen LogP contribution is -2.58. The molecule has 0 bridgehead atoms. The number of carbonyl (C=O) groups is 3. The summed E-state index contributed by atoms with van der Waals surface area (Å²) in [4.78, 5) is 35.7. The Balaban J connectivity index is 4.77. The number of aliphatic hydroxyl groups excluding tert-OH is 1. The second kappa shape index (κ2) is 13.5. The molecule has 10 nitrogen and oxygen atoms in total. The van der Waals surface area contributed by atoms with Crippen molar-refractivity contribution in [3.63, 3.8) is 0 Å². The number of nitrogens with one attached hydrogen (secondary N) is 2. The van der Waals surface area contributed by atoms with Crippen LogP contribution in [0.15, 0.2) is 0 Å². The largest absolute Gasteiger partial charge is 0.480 e. The molecule has 10 heteroatoms. The molecule has 0 aromatic heterocycles. The molecule has 10 N–H and O–H groups in total. The van der Waals surface area contributed by atoms with Gasteiger partial charge in [-0.3, -0.25) is 9.59 Å². The molecular formula is C16H33N5O5. The van der Waals surface area contributed by atoms with Crippen LogP contribution in [0.5, 0.6) is 0 Å². The van der Waals surface area contributed by atoms with Gasteiger partial charge in [0, 0.05) is 0 Å². The second-order valence-corrected chi connectivity index (χ2v) is 6.30. The fraction of sp³-hybridized carbons (Fsp3) is 0.812. The van der Waals surface area contributed by atoms with Crippen LogP contribution in [0.25, 0.3) is 0 Å². The van der Waals surface area contributed by atoms with E-state index in [9.17, 15) is 24.6 Å². The zero-order valence-electron chi connectivity index (χ0n) is 15.3. The highest BCUT2D eigenvalue weighted by molar-refractivity contribution is 5.92. The van der Waals surface area contributed by atoms with Crippen molar-refractivity contribution in [2.45, 2.75) is 69.7 Å². The molecule has 0 aliphatic carbocycles. The summed E-state index contributed by atoms with van der Waals surface area (Å²) in [5.74, 6) is -2.55. The lowest BCUT2D eigenvalue weighted by molar-refractivity contribution is -0.143. The summed E-state index contributed by atoms with van der Waals surface area (Å²) in [5, 5.41) is 23.7. The Labute approximate surface area is 153 Å². The van der Waals surface area contributed by atoms with Crippen molar-refractivity contribution in [2.24, 2.45) is 17.2 Å². The normalized spacial score (nSPS) is 15.6. The molecule has 4 unspecified atom stereocenters. The quantitative estimate of drug-likeness (QED) is 0.169. The minimum absolute atomic E-state index is 0.206. The van der Waals surface area contributed by atoms with Gasteiger partial charge in [0.1, 0.15) is 12.1 Å². The molecule has 0 heterocycles. The number of aliphatic hydroxyl groups is 1. The Morgan fingerprint density at radius 2 is 1.46 bits per heavy atom. The van der Waals surface area contributed by atoms with Crippen molar-refractivity contribution in [3.8, 4) is 0 Å². The van der Waals surface area contributed by atoms with E-state index >= 15 is 0 Å². The highest BCUT2D eigenvalue weighted by Gasteiger charge is 2.30. The first-order chi connectivity index (χ1) is 12.2. The molecule has 152 valence electrons. The number of amides is 2. The number of nitrogens with two attached hydrogens (primary N) is 3. The summed E-state index contributed by atoms with van der Waals surface area (Å²) in [6.07, 6.45) is 1.95. The van der Waals surface area contributed by atoms with Crippen molar-refractivity contribution in [3.05, 3.63) is 0 Å². The SMILES string of the molecule is CC(O)C(NC(=O)C(N)CCCCN)C(=O)NC(CCCCN)C(=O)O. The summed E-state index contributed by atoms with van der Waals surface area (Å²) < 4.78 is 0. The maximum Gasteiger partial charge on any atom is 0.326 e. The van der Waals surface area contributed by atoms with Crippen molar-refractivity contribution in [1.29, 1.82) is 0 Å². The number of carboxylic acids is 1. The van der Waals surface area contributed by atoms with E-state index in [4.69, 9.17) is 17.2 Å². The molecule has 0 aromatic carbocycles. The lowest BCUT2D eigenvalue weighted by Gasteiger charge is -2.24. The Morgan fingerprint density at radius 1 is 0.923 bits per heavy atom. The summed E-state index contributed by atoms with van der Waals surface area (Å²) in [7, 11) is 0. The highest BCUT2D eigenvalue weighted by Crippen LogP contribution is 2.04. The third kappa shape index (κ3) is 9.66. The van der Waals surface area contributed by atoms with Crippen molar-refractivity contribution >= 4 is 17.8 Å². The van der Waals surface area contributed by atoms with E-state index < -0.39 is 42.0 Å². The van der Waals surface area contributed by atoms with Gasteiger partial charge in [0.05, 0.1) is 12.1 Å². The fourth-order valence-corrected chi connectivity index (χ4v) is 2.32. The van der Waals surface area contributed by atoms with Gasteiger partial charge < -0.3 is 38.0 Å². The molecule has 0 saturated heterocycles. The van der Waals surface area contributed by atoms with Crippen LogP contribution in [0.4, 0.5) is 0 Å². The average Bonchev–Trinajstić information content (AvgIpc) is 2.58. The van der Waals surface area contributed by atoms with E-state index in [1.165, 1.54) is 6.92 Å². The molecule has 4 atom stereocenters. The third-order valence-corrected chi connectivity index (χ3v) is 3.93. The van der Waals surface area contributed by atoms with E-state index in [0.29, 0.717) is 38.8 Å². The van der Waals surface area contributed by atoms with Crippen molar-refractivity contribution in [1.82, 2.24) is 10.6 Å². The minimum atomic E-state index is -1.29. The molecule has 0 saturated carbocycles. The van der Waals surface area contributed by atoms with E-state index in [1.54, 1.807) is 0 Å². The zero-order chi connectivity index (χ0) is 20.1. The first kappa shape index (κ1) is 24.2. The van der Waals surface area contributed by atoms with E-state index in [-0.39, 0.29) is 6.42 Å². The van der Waals surface area contributed by atoms with Crippen LogP contribution in [0.3, 0.4) is 0 Å². The second-order valence-electron chi connectivity index (χ2n) is 6.30. The first-order valence-corrected chi connectivity index (χ1v) is 8.91. The highest BCUT2D eigenvalue weighted by atomic mass is 16.4.